The van der Waals surface area contributed by atoms with Crippen LogP contribution in [0.25, 0.3) is 0 Å². The highest BCUT2D eigenvalue weighted by Crippen LogP contribution is 2.49. The Hall–Kier alpha value is -2.15. The topological polar surface area (TPSA) is 92.7 Å². The van der Waals surface area contributed by atoms with Gasteiger partial charge in [-0.2, -0.15) is 0 Å². The standard InChI is InChI=1S/C21H25NO5S/c1-3-10-4-7-13-14(8-10)28-19(17(13)21(26)27-2)22-18(23)15-11-5-6-12(9-11)16(15)20(24)25/h5-6,10-12,15-16H,3-4,7-9H2,1-2H3,(H,22,23)(H,24,25)/t10-,11+,12-,15-,16-/m0/s1. The van der Waals surface area contributed by atoms with Gasteiger partial charge in [0.2, 0.25) is 5.91 Å². The van der Waals surface area contributed by atoms with Gasteiger partial charge in [0.1, 0.15) is 5.00 Å². The van der Waals surface area contributed by atoms with Gasteiger partial charge in [0.25, 0.3) is 0 Å². The molecule has 2 N–H and O–H groups in total. The molecule has 5 atom stereocenters. The predicted octanol–water partition coefficient (Wildman–Crippen LogP) is 3.51. The van der Waals surface area contributed by atoms with Crippen molar-refractivity contribution in [3.05, 3.63) is 28.2 Å². The van der Waals surface area contributed by atoms with Gasteiger partial charge in [0.15, 0.2) is 0 Å². The summed E-state index contributed by atoms with van der Waals surface area (Å²) in [6.45, 7) is 2.17. The molecule has 6 nitrogen and oxygen atoms in total. The van der Waals surface area contributed by atoms with E-state index in [1.54, 1.807) is 0 Å². The second-order valence-corrected chi connectivity index (χ2v) is 9.15. The summed E-state index contributed by atoms with van der Waals surface area (Å²) >= 11 is 1.44. The molecular formula is C21H25NO5S. The van der Waals surface area contributed by atoms with Gasteiger partial charge < -0.3 is 15.2 Å². The van der Waals surface area contributed by atoms with Gasteiger partial charge in [0.05, 0.1) is 24.5 Å². The number of carbonyl (C=O) groups excluding carboxylic acids is 2. The number of methoxy groups -OCH3 is 1. The molecule has 0 aliphatic heterocycles. The fraction of sp³-hybridized carbons (Fsp3) is 0.571. The number of rotatable bonds is 5. The minimum Gasteiger partial charge on any atom is -0.481 e. The first-order valence-corrected chi connectivity index (χ1v) is 10.7. The summed E-state index contributed by atoms with van der Waals surface area (Å²) in [6.07, 6.45) is 8.41. The summed E-state index contributed by atoms with van der Waals surface area (Å²) in [5.74, 6) is -2.51. The smallest absolute Gasteiger partial charge is 0.341 e. The number of anilines is 1. The number of aliphatic carboxylic acids is 1. The summed E-state index contributed by atoms with van der Waals surface area (Å²) in [7, 11) is 1.34. The number of carboxylic acids is 1. The number of fused-ring (bicyclic) bond motifs is 3. The van der Waals surface area contributed by atoms with Crippen molar-refractivity contribution >= 4 is 34.2 Å². The van der Waals surface area contributed by atoms with E-state index in [9.17, 15) is 19.5 Å². The molecule has 28 heavy (non-hydrogen) atoms. The van der Waals surface area contributed by atoms with Crippen LogP contribution in [0.4, 0.5) is 5.00 Å². The van der Waals surface area contributed by atoms with Crippen LogP contribution < -0.4 is 5.32 Å². The summed E-state index contributed by atoms with van der Waals surface area (Å²) in [5, 5.41) is 13.0. The Bertz CT molecular complexity index is 857. The Kier molecular flexibility index (Phi) is 5.04. The normalized spacial score (nSPS) is 30.1. The second-order valence-electron chi connectivity index (χ2n) is 8.04. The summed E-state index contributed by atoms with van der Waals surface area (Å²) in [4.78, 5) is 38.4. The molecule has 1 aromatic rings. The quantitative estimate of drug-likeness (QED) is 0.580. The van der Waals surface area contributed by atoms with Crippen molar-refractivity contribution < 1.29 is 24.2 Å². The Morgan fingerprint density at radius 3 is 2.61 bits per heavy atom. The number of thiophene rings is 1. The number of amides is 1. The molecule has 1 heterocycles. The highest BCUT2D eigenvalue weighted by Gasteiger charge is 2.51. The molecule has 1 saturated carbocycles. The summed E-state index contributed by atoms with van der Waals surface area (Å²) in [5.41, 5.74) is 1.44. The van der Waals surface area contributed by atoms with Crippen LogP contribution in [0.3, 0.4) is 0 Å². The number of ether oxygens (including phenoxy) is 1. The van der Waals surface area contributed by atoms with Crippen LogP contribution >= 0.6 is 11.3 Å². The monoisotopic (exact) mass is 403 g/mol. The van der Waals surface area contributed by atoms with Crippen LogP contribution in [0.15, 0.2) is 12.2 Å². The molecule has 0 aromatic carbocycles. The zero-order valence-corrected chi connectivity index (χ0v) is 16.9. The van der Waals surface area contributed by atoms with Crippen molar-refractivity contribution in [1.29, 1.82) is 0 Å². The van der Waals surface area contributed by atoms with Crippen molar-refractivity contribution in [1.82, 2.24) is 0 Å². The zero-order chi connectivity index (χ0) is 20.0. The van der Waals surface area contributed by atoms with Crippen molar-refractivity contribution in [2.24, 2.45) is 29.6 Å². The SMILES string of the molecule is CC[C@H]1CCc2c(sc(NC(=O)[C@@H]3[C@@H](C(=O)O)[C@H]4C=C[C@@H]3C4)c2C(=O)OC)C1. The van der Waals surface area contributed by atoms with Gasteiger partial charge in [0, 0.05) is 4.88 Å². The van der Waals surface area contributed by atoms with E-state index in [4.69, 9.17) is 4.74 Å². The number of carbonyl (C=O) groups is 3. The Balaban J connectivity index is 1.63. The minimum absolute atomic E-state index is 0.0493. The van der Waals surface area contributed by atoms with E-state index in [-0.39, 0.29) is 17.7 Å². The number of nitrogens with one attached hydrogen (secondary N) is 1. The molecule has 0 radical (unpaired) electrons. The molecular weight excluding hydrogens is 378 g/mol. The molecule has 150 valence electrons. The molecule has 3 aliphatic carbocycles. The summed E-state index contributed by atoms with van der Waals surface area (Å²) in [6, 6.07) is 0. The lowest BCUT2D eigenvalue weighted by atomic mass is 9.82. The number of esters is 1. The van der Waals surface area contributed by atoms with Crippen LogP contribution in [0.2, 0.25) is 0 Å². The number of carboxylic acid groups (broad SMARTS) is 1. The Morgan fingerprint density at radius 1 is 1.25 bits per heavy atom. The predicted molar refractivity (Wildman–Crippen MR) is 105 cm³/mol. The van der Waals surface area contributed by atoms with Gasteiger partial charge in [-0.15, -0.1) is 11.3 Å². The molecule has 2 bridgehead atoms. The van der Waals surface area contributed by atoms with Crippen molar-refractivity contribution in [2.75, 3.05) is 12.4 Å². The van der Waals surface area contributed by atoms with E-state index in [2.05, 4.69) is 12.2 Å². The van der Waals surface area contributed by atoms with Crippen LogP contribution in [0.5, 0.6) is 0 Å². The second kappa shape index (κ2) is 7.35. The zero-order valence-electron chi connectivity index (χ0n) is 16.1. The Morgan fingerprint density at radius 2 is 1.96 bits per heavy atom. The van der Waals surface area contributed by atoms with Gasteiger partial charge in [-0.3, -0.25) is 9.59 Å². The molecule has 1 aromatic heterocycles. The van der Waals surface area contributed by atoms with Crippen LogP contribution in [0.1, 0.15) is 47.0 Å². The highest BCUT2D eigenvalue weighted by atomic mass is 32.1. The average Bonchev–Trinajstić information content (AvgIpc) is 3.38. The van der Waals surface area contributed by atoms with Gasteiger partial charge >= 0.3 is 11.9 Å². The molecule has 1 fully saturated rings. The fourth-order valence-electron chi connectivity index (χ4n) is 5.12. The van der Waals surface area contributed by atoms with E-state index in [0.29, 0.717) is 22.9 Å². The van der Waals surface area contributed by atoms with Crippen molar-refractivity contribution in [3.63, 3.8) is 0 Å². The fourth-order valence-corrected chi connectivity index (χ4v) is 6.47. The number of hydrogen-bond acceptors (Lipinski definition) is 5. The van der Waals surface area contributed by atoms with Gasteiger partial charge in [-0.25, -0.2) is 4.79 Å². The molecule has 0 unspecified atom stereocenters. The lowest BCUT2D eigenvalue weighted by Crippen LogP contribution is -2.36. The van der Waals surface area contributed by atoms with E-state index < -0.39 is 23.8 Å². The van der Waals surface area contributed by atoms with Crippen LogP contribution in [0, 0.1) is 29.6 Å². The first-order valence-electron chi connectivity index (χ1n) is 9.89. The lowest BCUT2D eigenvalue weighted by Gasteiger charge is -2.23. The van der Waals surface area contributed by atoms with Gasteiger partial charge in [-0.05, 0) is 49.0 Å². The number of allylic oxidation sites excluding steroid dienone is 2. The maximum absolute atomic E-state index is 13.1. The largest absolute Gasteiger partial charge is 0.481 e. The van der Waals surface area contributed by atoms with E-state index in [1.165, 1.54) is 18.4 Å². The first kappa shape index (κ1) is 19.2. The molecule has 1 amide bonds. The van der Waals surface area contributed by atoms with E-state index >= 15 is 0 Å². The maximum atomic E-state index is 13.1. The highest BCUT2D eigenvalue weighted by molar-refractivity contribution is 7.17. The molecule has 0 spiro atoms. The first-order chi connectivity index (χ1) is 13.4. The van der Waals surface area contributed by atoms with Crippen LogP contribution in [-0.4, -0.2) is 30.1 Å². The lowest BCUT2D eigenvalue weighted by molar-refractivity contribution is -0.146. The van der Waals surface area contributed by atoms with Crippen molar-refractivity contribution in [3.8, 4) is 0 Å². The van der Waals surface area contributed by atoms with E-state index in [0.717, 1.165) is 36.1 Å². The molecule has 4 rings (SSSR count). The van der Waals surface area contributed by atoms with E-state index in [1.807, 2.05) is 12.2 Å². The van der Waals surface area contributed by atoms with Gasteiger partial charge in [-0.1, -0.05) is 25.5 Å². The summed E-state index contributed by atoms with van der Waals surface area (Å²) < 4.78 is 4.98. The molecule has 3 aliphatic rings. The average molecular weight is 404 g/mol. The maximum Gasteiger partial charge on any atom is 0.341 e. The number of hydrogen-bond donors (Lipinski definition) is 2. The molecule has 7 heteroatoms. The third kappa shape index (κ3) is 3.05. The Labute approximate surface area is 168 Å². The third-order valence-electron chi connectivity index (χ3n) is 6.62. The molecule has 0 saturated heterocycles. The van der Waals surface area contributed by atoms with Crippen molar-refractivity contribution in [2.45, 2.75) is 39.0 Å². The van der Waals surface area contributed by atoms with Crippen LogP contribution in [-0.2, 0) is 27.2 Å². The minimum atomic E-state index is -0.929. The third-order valence-corrected chi connectivity index (χ3v) is 7.79.